The fourth-order valence-electron chi connectivity index (χ4n) is 2.59. The van der Waals surface area contributed by atoms with Gasteiger partial charge < -0.3 is 9.47 Å². The van der Waals surface area contributed by atoms with Crippen LogP contribution < -0.4 is 5.56 Å². The molecule has 23 heavy (non-hydrogen) atoms. The molecule has 1 aromatic carbocycles. The number of fused-ring (bicyclic) bond motifs is 1. The molecule has 0 atom stereocenters. The van der Waals surface area contributed by atoms with Crippen LogP contribution in [0.25, 0.3) is 22.0 Å². The van der Waals surface area contributed by atoms with Crippen molar-refractivity contribution in [1.82, 2.24) is 14.5 Å². The number of pyridine rings is 2. The molecule has 0 saturated heterocycles. The van der Waals surface area contributed by atoms with Crippen molar-refractivity contribution in [1.29, 1.82) is 0 Å². The predicted molar refractivity (Wildman–Crippen MR) is 95.0 cm³/mol. The van der Waals surface area contributed by atoms with E-state index in [0.717, 1.165) is 23.0 Å². The van der Waals surface area contributed by atoms with E-state index in [2.05, 4.69) is 9.88 Å². The highest BCUT2D eigenvalue weighted by atomic mass is 35.5. The summed E-state index contributed by atoms with van der Waals surface area (Å²) in [7, 11) is 3.98. The highest BCUT2D eigenvalue weighted by molar-refractivity contribution is 6.30. The van der Waals surface area contributed by atoms with Crippen LogP contribution in [0.15, 0.2) is 53.5 Å². The average molecular weight is 328 g/mol. The smallest absolute Gasteiger partial charge is 0.258 e. The van der Waals surface area contributed by atoms with Crippen LogP contribution in [0.4, 0.5) is 0 Å². The fraction of sp³-hybridized carbons (Fsp3) is 0.222. The molecule has 0 aliphatic heterocycles. The van der Waals surface area contributed by atoms with Gasteiger partial charge in [-0.3, -0.25) is 4.79 Å². The van der Waals surface area contributed by atoms with E-state index in [0.29, 0.717) is 17.3 Å². The first-order valence-corrected chi connectivity index (χ1v) is 7.83. The van der Waals surface area contributed by atoms with Crippen molar-refractivity contribution >= 4 is 22.5 Å². The third-order valence-electron chi connectivity index (χ3n) is 3.80. The monoisotopic (exact) mass is 327 g/mol. The van der Waals surface area contributed by atoms with Crippen molar-refractivity contribution in [2.75, 3.05) is 20.6 Å². The Morgan fingerprint density at radius 2 is 1.91 bits per heavy atom. The zero-order chi connectivity index (χ0) is 16.4. The highest BCUT2D eigenvalue weighted by Gasteiger charge is 2.12. The third kappa shape index (κ3) is 3.28. The Labute approximate surface area is 140 Å². The van der Waals surface area contributed by atoms with Crippen molar-refractivity contribution in [3.05, 3.63) is 64.2 Å². The van der Waals surface area contributed by atoms with Gasteiger partial charge in [-0.05, 0) is 31.8 Å². The van der Waals surface area contributed by atoms with E-state index in [1.807, 2.05) is 50.5 Å². The summed E-state index contributed by atoms with van der Waals surface area (Å²) in [5, 5.41) is 1.30. The van der Waals surface area contributed by atoms with Crippen LogP contribution in [0.2, 0.25) is 5.15 Å². The molecule has 0 aliphatic carbocycles. The molecule has 0 bridgehead atoms. The van der Waals surface area contributed by atoms with Crippen LogP contribution in [0, 0.1) is 0 Å². The van der Waals surface area contributed by atoms with E-state index in [9.17, 15) is 4.79 Å². The Kier molecular flexibility index (Phi) is 4.46. The Bertz CT molecular complexity index is 888. The van der Waals surface area contributed by atoms with Crippen LogP contribution >= 0.6 is 11.6 Å². The van der Waals surface area contributed by atoms with E-state index in [4.69, 9.17) is 11.6 Å². The van der Waals surface area contributed by atoms with E-state index in [1.165, 1.54) is 0 Å². The second kappa shape index (κ2) is 6.52. The Balaban J connectivity index is 2.25. The zero-order valence-electron chi connectivity index (χ0n) is 13.2. The molecule has 4 nitrogen and oxygen atoms in total. The van der Waals surface area contributed by atoms with Crippen molar-refractivity contribution < 1.29 is 0 Å². The molecule has 3 aromatic rings. The maximum atomic E-state index is 13.0. The minimum Gasteiger partial charge on any atom is -0.308 e. The summed E-state index contributed by atoms with van der Waals surface area (Å²) in [6, 6.07) is 13.3. The predicted octanol–water partition coefficient (Wildman–Crippen LogP) is 3.28. The van der Waals surface area contributed by atoms with Crippen LogP contribution in [-0.4, -0.2) is 35.1 Å². The number of halogens is 1. The first kappa shape index (κ1) is 15.7. The molecule has 0 spiro atoms. The van der Waals surface area contributed by atoms with Crippen LogP contribution in [0.3, 0.4) is 0 Å². The van der Waals surface area contributed by atoms with Crippen LogP contribution in [0.1, 0.15) is 0 Å². The van der Waals surface area contributed by atoms with E-state index >= 15 is 0 Å². The molecule has 0 saturated carbocycles. The number of rotatable bonds is 4. The second-order valence-corrected chi connectivity index (χ2v) is 6.14. The molecule has 2 aromatic heterocycles. The van der Waals surface area contributed by atoms with Crippen LogP contribution in [0.5, 0.6) is 0 Å². The van der Waals surface area contributed by atoms with Gasteiger partial charge in [0.1, 0.15) is 5.15 Å². The van der Waals surface area contributed by atoms with E-state index < -0.39 is 0 Å². The first-order chi connectivity index (χ1) is 11.1. The lowest BCUT2D eigenvalue weighted by Gasteiger charge is -2.15. The van der Waals surface area contributed by atoms with Gasteiger partial charge in [0.25, 0.3) is 5.56 Å². The lowest BCUT2D eigenvalue weighted by molar-refractivity contribution is 0.384. The number of aromatic nitrogens is 2. The van der Waals surface area contributed by atoms with E-state index in [1.54, 1.807) is 16.8 Å². The number of hydrogen-bond acceptors (Lipinski definition) is 3. The summed E-state index contributed by atoms with van der Waals surface area (Å²) in [5.74, 6) is 0. The van der Waals surface area contributed by atoms with Gasteiger partial charge in [0.15, 0.2) is 0 Å². The van der Waals surface area contributed by atoms with Crippen molar-refractivity contribution in [3.8, 4) is 11.1 Å². The van der Waals surface area contributed by atoms with Crippen molar-refractivity contribution in [3.63, 3.8) is 0 Å². The van der Waals surface area contributed by atoms with E-state index in [-0.39, 0.29) is 5.56 Å². The summed E-state index contributed by atoms with van der Waals surface area (Å²) in [4.78, 5) is 19.2. The molecule has 3 rings (SSSR count). The lowest BCUT2D eigenvalue weighted by atomic mass is 10.1. The number of nitrogens with zero attached hydrogens (tertiary/aromatic N) is 3. The summed E-state index contributed by atoms with van der Waals surface area (Å²) >= 11 is 6.03. The Morgan fingerprint density at radius 3 is 2.61 bits per heavy atom. The normalized spacial score (nSPS) is 11.3. The van der Waals surface area contributed by atoms with Gasteiger partial charge >= 0.3 is 0 Å². The highest BCUT2D eigenvalue weighted by Crippen LogP contribution is 2.22. The van der Waals surface area contributed by atoms with Gasteiger partial charge in [-0.25, -0.2) is 4.98 Å². The molecule has 0 aliphatic rings. The Morgan fingerprint density at radius 1 is 1.17 bits per heavy atom. The lowest BCUT2D eigenvalue weighted by Crippen LogP contribution is -2.27. The second-order valence-electron chi connectivity index (χ2n) is 5.75. The molecule has 118 valence electrons. The maximum Gasteiger partial charge on any atom is 0.258 e. The van der Waals surface area contributed by atoms with Gasteiger partial charge in [0, 0.05) is 30.2 Å². The van der Waals surface area contributed by atoms with Gasteiger partial charge in [-0.1, -0.05) is 41.9 Å². The molecule has 0 amide bonds. The molecule has 0 fully saturated rings. The molecular formula is C18H18ClN3O. The zero-order valence-corrected chi connectivity index (χ0v) is 13.9. The molecule has 5 heteroatoms. The number of hydrogen-bond donors (Lipinski definition) is 0. The minimum absolute atomic E-state index is 0.00665. The molecule has 0 radical (unpaired) electrons. The largest absolute Gasteiger partial charge is 0.308 e. The first-order valence-electron chi connectivity index (χ1n) is 7.45. The summed E-state index contributed by atoms with van der Waals surface area (Å²) in [5.41, 5.74) is 2.40. The summed E-state index contributed by atoms with van der Waals surface area (Å²) in [6.45, 7) is 1.37. The topological polar surface area (TPSA) is 38.1 Å². The van der Waals surface area contributed by atoms with Gasteiger partial charge in [0.05, 0.1) is 5.52 Å². The number of benzene rings is 1. The summed E-state index contributed by atoms with van der Waals surface area (Å²) < 4.78 is 1.78. The molecular weight excluding hydrogens is 310 g/mol. The molecule has 0 unspecified atom stereocenters. The quantitative estimate of drug-likeness (QED) is 0.690. The Hall–Kier alpha value is -2.17. The van der Waals surface area contributed by atoms with Gasteiger partial charge in [0.2, 0.25) is 0 Å². The van der Waals surface area contributed by atoms with Gasteiger partial charge in [-0.2, -0.15) is 0 Å². The number of likely N-dealkylation sites (N-methyl/N-ethyl adjacent to an activating group) is 1. The third-order valence-corrected chi connectivity index (χ3v) is 4.01. The SMILES string of the molecule is CN(C)CCn1c(=O)c(-c2ccccc2)cc2cnc(Cl)cc21. The fourth-order valence-corrected chi connectivity index (χ4v) is 2.75. The molecule has 2 heterocycles. The minimum atomic E-state index is -0.00665. The standard InChI is InChI=1S/C18H18ClN3O/c1-21(2)8-9-22-16-11-17(19)20-12-14(16)10-15(18(22)23)13-6-4-3-5-7-13/h3-7,10-12H,8-9H2,1-2H3. The van der Waals surface area contributed by atoms with Gasteiger partial charge in [-0.15, -0.1) is 0 Å². The summed E-state index contributed by atoms with van der Waals surface area (Å²) in [6.07, 6.45) is 1.72. The average Bonchev–Trinajstić information content (AvgIpc) is 2.54. The molecule has 0 N–H and O–H groups in total. The van der Waals surface area contributed by atoms with Crippen LogP contribution in [-0.2, 0) is 6.54 Å². The maximum absolute atomic E-state index is 13.0. The van der Waals surface area contributed by atoms with Crippen molar-refractivity contribution in [2.45, 2.75) is 6.54 Å². The van der Waals surface area contributed by atoms with Crippen molar-refractivity contribution in [2.24, 2.45) is 0 Å².